The van der Waals surface area contributed by atoms with Crippen LogP contribution in [-0.2, 0) is 0 Å². The van der Waals surface area contributed by atoms with Crippen molar-refractivity contribution in [1.29, 1.82) is 0 Å². The second-order valence-electron chi connectivity index (χ2n) is 3.37. The highest BCUT2D eigenvalue weighted by Gasteiger charge is 2.04. The number of anilines is 1. The average Bonchev–Trinajstić information content (AvgIpc) is 2.16. The maximum absolute atomic E-state index is 5.19. The van der Waals surface area contributed by atoms with Crippen molar-refractivity contribution in [2.75, 3.05) is 19.5 Å². The van der Waals surface area contributed by atoms with E-state index in [0.29, 0.717) is 6.04 Å². The maximum atomic E-state index is 5.19. The van der Waals surface area contributed by atoms with Crippen molar-refractivity contribution in [3.8, 4) is 11.5 Å². The van der Waals surface area contributed by atoms with Crippen LogP contribution >= 0.6 is 12.4 Å². The fourth-order valence-electron chi connectivity index (χ4n) is 1.26. The quantitative estimate of drug-likeness (QED) is 0.864. The Morgan fingerprint density at radius 1 is 1.07 bits per heavy atom. The minimum absolute atomic E-state index is 0. The van der Waals surface area contributed by atoms with Gasteiger partial charge in [-0.05, 0) is 26.0 Å². The summed E-state index contributed by atoms with van der Waals surface area (Å²) in [6.07, 6.45) is 0. The molecule has 0 aliphatic carbocycles. The van der Waals surface area contributed by atoms with Gasteiger partial charge in [0.15, 0.2) is 11.5 Å². The Morgan fingerprint density at radius 3 is 2.13 bits per heavy atom. The van der Waals surface area contributed by atoms with E-state index < -0.39 is 0 Å². The van der Waals surface area contributed by atoms with E-state index in [2.05, 4.69) is 19.2 Å². The van der Waals surface area contributed by atoms with Gasteiger partial charge in [0.2, 0.25) is 0 Å². The first kappa shape index (κ1) is 13.9. The van der Waals surface area contributed by atoms with Crippen LogP contribution in [-0.4, -0.2) is 20.3 Å². The fourth-order valence-corrected chi connectivity index (χ4v) is 1.26. The number of ether oxygens (including phenoxy) is 2. The molecule has 1 rings (SSSR count). The van der Waals surface area contributed by atoms with Crippen LogP contribution in [0.25, 0.3) is 0 Å². The monoisotopic (exact) mass is 231 g/mol. The average molecular weight is 232 g/mol. The lowest BCUT2D eigenvalue weighted by Crippen LogP contribution is -2.09. The molecule has 1 N–H and O–H groups in total. The molecule has 0 saturated heterocycles. The molecule has 0 saturated carbocycles. The van der Waals surface area contributed by atoms with Crippen LogP contribution in [0.15, 0.2) is 18.2 Å². The molecule has 0 bridgehead atoms. The Labute approximate surface area is 97.2 Å². The van der Waals surface area contributed by atoms with Gasteiger partial charge in [-0.2, -0.15) is 0 Å². The van der Waals surface area contributed by atoms with Crippen molar-refractivity contribution in [2.24, 2.45) is 0 Å². The second kappa shape index (κ2) is 6.40. The van der Waals surface area contributed by atoms with Crippen molar-refractivity contribution in [2.45, 2.75) is 19.9 Å². The molecule has 0 atom stereocenters. The molecule has 0 aromatic heterocycles. The molecule has 4 heteroatoms. The summed E-state index contributed by atoms with van der Waals surface area (Å²) in [7, 11) is 3.27. The number of rotatable bonds is 4. The second-order valence-corrected chi connectivity index (χ2v) is 3.37. The lowest BCUT2D eigenvalue weighted by molar-refractivity contribution is 0.355. The van der Waals surface area contributed by atoms with Crippen molar-refractivity contribution >= 4 is 18.1 Å². The highest BCUT2D eigenvalue weighted by Crippen LogP contribution is 2.29. The first-order valence-electron chi connectivity index (χ1n) is 4.66. The summed E-state index contributed by atoms with van der Waals surface area (Å²) in [5.74, 6) is 1.50. The molecule has 0 heterocycles. The first-order valence-corrected chi connectivity index (χ1v) is 4.66. The molecule has 1 aromatic rings. The zero-order valence-electron chi connectivity index (χ0n) is 9.53. The van der Waals surface area contributed by atoms with Crippen molar-refractivity contribution in [1.82, 2.24) is 0 Å². The van der Waals surface area contributed by atoms with Gasteiger partial charge in [-0.15, -0.1) is 12.4 Å². The third kappa shape index (κ3) is 3.88. The predicted molar refractivity (Wildman–Crippen MR) is 65.6 cm³/mol. The Morgan fingerprint density at radius 2 is 1.67 bits per heavy atom. The van der Waals surface area contributed by atoms with Gasteiger partial charge < -0.3 is 14.8 Å². The highest BCUT2D eigenvalue weighted by molar-refractivity contribution is 5.85. The maximum Gasteiger partial charge on any atom is 0.162 e. The molecule has 1 aromatic carbocycles. The van der Waals surface area contributed by atoms with Crippen molar-refractivity contribution in [3.05, 3.63) is 18.2 Å². The van der Waals surface area contributed by atoms with Crippen LogP contribution in [0.4, 0.5) is 5.69 Å². The van der Waals surface area contributed by atoms with E-state index in [-0.39, 0.29) is 12.4 Å². The molecule has 0 fully saturated rings. The molecule has 15 heavy (non-hydrogen) atoms. The SMILES string of the molecule is COc1ccc(NC(C)C)cc1OC.Cl. The van der Waals surface area contributed by atoms with Crippen LogP contribution in [0.2, 0.25) is 0 Å². The number of nitrogens with one attached hydrogen (secondary N) is 1. The largest absolute Gasteiger partial charge is 0.493 e. The van der Waals surface area contributed by atoms with Crippen LogP contribution in [0.3, 0.4) is 0 Å². The topological polar surface area (TPSA) is 30.5 Å². The standard InChI is InChI=1S/C11H17NO2.ClH/c1-8(2)12-9-5-6-10(13-3)11(7-9)14-4;/h5-8,12H,1-4H3;1H. The van der Waals surface area contributed by atoms with Gasteiger partial charge in [0.1, 0.15) is 0 Å². The number of benzene rings is 1. The summed E-state index contributed by atoms with van der Waals surface area (Å²) in [6, 6.07) is 6.21. The minimum atomic E-state index is 0. The molecule has 0 radical (unpaired) electrons. The first-order chi connectivity index (χ1) is 6.67. The van der Waals surface area contributed by atoms with Crippen LogP contribution in [0, 0.1) is 0 Å². The van der Waals surface area contributed by atoms with E-state index in [1.54, 1.807) is 14.2 Å². The fraction of sp³-hybridized carbons (Fsp3) is 0.455. The molecular formula is C11H18ClNO2. The lowest BCUT2D eigenvalue weighted by Gasteiger charge is -2.13. The van der Waals surface area contributed by atoms with E-state index in [4.69, 9.17) is 9.47 Å². The van der Waals surface area contributed by atoms with Crippen molar-refractivity contribution in [3.63, 3.8) is 0 Å². The summed E-state index contributed by atoms with van der Waals surface area (Å²) in [6.45, 7) is 4.19. The summed E-state index contributed by atoms with van der Waals surface area (Å²) in [5.41, 5.74) is 1.04. The van der Waals surface area contributed by atoms with Crippen molar-refractivity contribution < 1.29 is 9.47 Å². The van der Waals surface area contributed by atoms with Gasteiger partial charge in [0.05, 0.1) is 14.2 Å². The van der Waals surface area contributed by atoms with Crippen LogP contribution in [0.5, 0.6) is 11.5 Å². The number of hydrogen-bond acceptors (Lipinski definition) is 3. The Kier molecular flexibility index (Phi) is 5.94. The molecule has 3 nitrogen and oxygen atoms in total. The normalized spacial score (nSPS) is 9.40. The number of hydrogen-bond donors (Lipinski definition) is 1. The van der Waals surface area contributed by atoms with E-state index in [9.17, 15) is 0 Å². The highest BCUT2D eigenvalue weighted by atomic mass is 35.5. The summed E-state index contributed by atoms with van der Waals surface area (Å²) < 4.78 is 10.3. The van der Waals surface area contributed by atoms with Gasteiger partial charge in [0, 0.05) is 17.8 Å². The number of halogens is 1. The molecule has 0 aliphatic rings. The summed E-state index contributed by atoms with van der Waals surface area (Å²) in [4.78, 5) is 0. The molecule has 0 aliphatic heterocycles. The van der Waals surface area contributed by atoms with Crippen LogP contribution < -0.4 is 14.8 Å². The Balaban J connectivity index is 0.00000196. The van der Waals surface area contributed by atoms with Gasteiger partial charge in [-0.1, -0.05) is 0 Å². The van der Waals surface area contributed by atoms with Gasteiger partial charge in [-0.3, -0.25) is 0 Å². The molecule has 86 valence electrons. The van der Waals surface area contributed by atoms with E-state index >= 15 is 0 Å². The molecule has 0 spiro atoms. The van der Waals surface area contributed by atoms with E-state index in [1.807, 2.05) is 18.2 Å². The summed E-state index contributed by atoms with van der Waals surface area (Å²) in [5, 5.41) is 3.30. The van der Waals surface area contributed by atoms with E-state index in [0.717, 1.165) is 17.2 Å². The van der Waals surface area contributed by atoms with E-state index in [1.165, 1.54) is 0 Å². The number of methoxy groups -OCH3 is 2. The van der Waals surface area contributed by atoms with Gasteiger partial charge in [-0.25, -0.2) is 0 Å². The Hall–Kier alpha value is -1.09. The zero-order valence-corrected chi connectivity index (χ0v) is 10.4. The van der Waals surface area contributed by atoms with Gasteiger partial charge in [0.25, 0.3) is 0 Å². The Bertz CT molecular complexity index is 303. The van der Waals surface area contributed by atoms with Gasteiger partial charge >= 0.3 is 0 Å². The third-order valence-electron chi connectivity index (χ3n) is 1.84. The molecular weight excluding hydrogens is 214 g/mol. The summed E-state index contributed by atoms with van der Waals surface area (Å²) >= 11 is 0. The smallest absolute Gasteiger partial charge is 0.162 e. The van der Waals surface area contributed by atoms with Crippen LogP contribution in [0.1, 0.15) is 13.8 Å². The predicted octanol–water partition coefficient (Wildman–Crippen LogP) is 2.95. The zero-order chi connectivity index (χ0) is 10.6. The lowest BCUT2D eigenvalue weighted by atomic mass is 10.2. The third-order valence-corrected chi connectivity index (χ3v) is 1.84. The molecule has 0 unspecified atom stereocenters. The minimum Gasteiger partial charge on any atom is -0.493 e. The molecule has 0 amide bonds.